The average Bonchev–Trinajstić information content (AvgIpc) is 2.60. The third kappa shape index (κ3) is 5.38. The highest BCUT2D eigenvalue weighted by atomic mass is 32.2. The van der Waals surface area contributed by atoms with Crippen molar-refractivity contribution in [1.29, 1.82) is 0 Å². The summed E-state index contributed by atoms with van der Waals surface area (Å²) in [5.41, 5.74) is 0.0399. The Morgan fingerprint density at radius 3 is 2.04 bits per heavy atom. The Morgan fingerprint density at radius 2 is 1.52 bits per heavy atom. The summed E-state index contributed by atoms with van der Waals surface area (Å²) in [5.74, 6) is 0.211. The van der Waals surface area contributed by atoms with Crippen molar-refractivity contribution in [3.05, 3.63) is 42.5 Å². The van der Waals surface area contributed by atoms with Crippen LogP contribution in [-0.2, 0) is 20.0 Å². The number of thioether (sulfide) groups is 1. The zero-order chi connectivity index (χ0) is 20.2. The molecule has 0 heterocycles. The molecule has 0 spiro atoms. The van der Waals surface area contributed by atoms with Crippen LogP contribution in [0.5, 0.6) is 5.75 Å². The summed E-state index contributed by atoms with van der Waals surface area (Å²) in [6.07, 6.45) is 1.89. The molecule has 0 aliphatic carbocycles. The number of methoxy groups -OCH3 is 1. The van der Waals surface area contributed by atoms with Crippen molar-refractivity contribution in [2.75, 3.05) is 18.1 Å². The molecule has 10 heteroatoms. The number of benzene rings is 2. The molecule has 0 unspecified atom stereocenters. The quantitative estimate of drug-likeness (QED) is 0.625. The molecule has 0 aliphatic heterocycles. The van der Waals surface area contributed by atoms with E-state index in [0.29, 0.717) is 0 Å². The lowest BCUT2D eigenvalue weighted by atomic mass is 10.3. The molecule has 2 aromatic carbocycles. The van der Waals surface area contributed by atoms with Crippen LogP contribution >= 0.6 is 11.8 Å². The van der Waals surface area contributed by atoms with E-state index in [-0.39, 0.29) is 27.3 Å². The molecular formula is C17H22N2O5S3. The first-order chi connectivity index (χ1) is 12.6. The van der Waals surface area contributed by atoms with E-state index in [1.54, 1.807) is 26.0 Å². The van der Waals surface area contributed by atoms with Crippen molar-refractivity contribution in [3.63, 3.8) is 0 Å². The molecule has 2 aromatic rings. The average molecular weight is 431 g/mol. The lowest BCUT2D eigenvalue weighted by Gasteiger charge is -2.15. The third-order valence-corrected chi connectivity index (χ3v) is 7.27. The summed E-state index contributed by atoms with van der Waals surface area (Å²) in [4.78, 5) is 0.933. The first-order valence-electron chi connectivity index (χ1n) is 7.96. The van der Waals surface area contributed by atoms with Crippen LogP contribution in [0.2, 0.25) is 0 Å². The van der Waals surface area contributed by atoms with Gasteiger partial charge in [-0.2, -0.15) is 0 Å². The van der Waals surface area contributed by atoms with Crippen LogP contribution < -0.4 is 14.2 Å². The van der Waals surface area contributed by atoms with Crippen LogP contribution in [0.25, 0.3) is 0 Å². The number of rotatable bonds is 8. The molecule has 0 saturated heterocycles. The van der Waals surface area contributed by atoms with E-state index in [2.05, 4.69) is 9.44 Å². The van der Waals surface area contributed by atoms with Crippen LogP contribution in [0.4, 0.5) is 5.69 Å². The molecule has 148 valence electrons. The van der Waals surface area contributed by atoms with Crippen LogP contribution in [0, 0.1) is 0 Å². The van der Waals surface area contributed by atoms with Gasteiger partial charge in [0.05, 0.1) is 22.6 Å². The smallest absolute Gasteiger partial charge is 0.262 e. The first kappa shape index (κ1) is 21.5. The second-order valence-electron chi connectivity index (χ2n) is 5.92. The van der Waals surface area contributed by atoms with Gasteiger partial charge in [0, 0.05) is 10.9 Å². The minimum atomic E-state index is -3.91. The second-order valence-corrected chi connectivity index (χ2v) is 10.2. The van der Waals surface area contributed by atoms with E-state index in [4.69, 9.17) is 4.74 Å². The predicted molar refractivity (Wildman–Crippen MR) is 107 cm³/mol. The van der Waals surface area contributed by atoms with E-state index in [0.717, 1.165) is 4.90 Å². The van der Waals surface area contributed by atoms with Crippen LogP contribution in [0.15, 0.2) is 57.2 Å². The van der Waals surface area contributed by atoms with Crippen LogP contribution in [0.3, 0.4) is 0 Å². The number of hydrogen-bond donors (Lipinski definition) is 2. The molecule has 0 fully saturated rings. The molecule has 2 rings (SSSR count). The Hall–Kier alpha value is -1.75. The maximum Gasteiger partial charge on any atom is 0.262 e. The molecule has 0 atom stereocenters. The van der Waals surface area contributed by atoms with Gasteiger partial charge in [0.2, 0.25) is 10.0 Å². The fourth-order valence-corrected chi connectivity index (χ4v) is 5.02. The van der Waals surface area contributed by atoms with E-state index in [1.807, 2.05) is 6.26 Å². The standard InChI is InChI=1S/C17H22N2O5S3/c1-12(2)18-27(22,23)15-9-10-17(24-3)16(11-15)19-26(20,21)14-7-5-13(25-4)6-8-14/h5-12,18-19H,1-4H3. The van der Waals surface area contributed by atoms with Crippen molar-refractivity contribution < 1.29 is 21.6 Å². The SMILES string of the molecule is COc1ccc(S(=O)(=O)NC(C)C)cc1NS(=O)(=O)c1ccc(SC)cc1. The van der Waals surface area contributed by atoms with Gasteiger partial charge in [0.1, 0.15) is 5.75 Å². The highest BCUT2D eigenvalue weighted by Crippen LogP contribution is 2.30. The minimum Gasteiger partial charge on any atom is -0.495 e. The number of ether oxygens (including phenoxy) is 1. The van der Waals surface area contributed by atoms with Crippen LogP contribution in [0.1, 0.15) is 13.8 Å². The monoisotopic (exact) mass is 430 g/mol. The molecule has 0 radical (unpaired) electrons. The Morgan fingerprint density at radius 1 is 0.926 bits per heavy atom. The van der Waals surface area contributed by atoms with Gasteiger partial charge in [-0.05, 0) is 62.6 Å². The Balaban J connectivity index is 2.42. The topological polar surface area (TPSA) is 102 Å². The summed E-state index contributed by atoms with van der Waals surface area (Å²) in [5, 5.41) is 0. The Bertz CT molecular complexity index is 1000. The lowest BCUT2D eigenvalue weighted by molar-refractivity contribution is 0.416. The highest BCUT2D eigenvalue weighted by molar-refractivity contribution is 7.98. The molecule has 0 aliphatic rings. The molecule has 2 N–H and O–H groups in total. The van der Waals surface area contributed by atoms with Gasteiger partial charge in [-0.3, -0.25) is 4.72 Å². The van der Waals surface area contributed by atoms with E-state index >= 15 is 0 Å². The van der Waals surface area contributed by atoms with Gasteiger partial charge in [-0.15, -0.1) is 11.8 Å². The molecule has 7 nitrogen and oxygen atoms in total. The van der Waals surface area contributed by atoms with Gasteiger partial charge < -0.3 is 4.74 Å². The molecule has 0 amide bonds. The van der Waals surface area contributed by atoms with Gasteiger partial charge in [-0.25, -0.2) is 21.6 Å². The van der Waals surface area contributed by atoms with Crippen molar-refractivity contribution in [1.82, 2.24) is 4.72 Å². The zero-order valence-electron chi connectivity index (χ0n) is 15.4. The minimum absolute atomic E-state index is 0.0399. The maximum absolute atomic E-state index is 12.7. The maximum atomic E-state index is 12.7. The summed E-state index contributed by atoms with van der Waals surface area (Å²) in [7, 11) is -6.31. The van der Waals surface area contributed by atoms with E-state index in [1.165, 1.54) is 49.2 Å². The molecule has 0 bridgehead atoms. The van der Waals surface area contributed by atoms with Crippen LogP contribution in [-0.4, -0.2) is 36.2 Å². The van der Waals surface area contributed by atoms with Crippen molar-refractivity contribution >= 4 is 37.5 Å². The Labute approximate surface area is 164 Å². The van der Waals surface area contributed by atoms with E-state index < -0.39 is 20.0 Å². The summed E-state index contributed by atoms with van der Waals surface area (Å²) < 4.78 is 60.1. The molecule has 27 heavy (non-hydrogen) atoms. The lowest BCUT2D eigenvalue weighted by Crippen LogP contribution is -2.30. The fraction of sp³-hybridized carbons (Fsp3) is 0.294. The normalized spacial score (nSPS) is 12.2. The fourth-order valence-electron chi connectivity index (χ4n) is 2.27. The summed E-state index contributed by atoms with van der Waals surface area (Å²) in [6, 6.07) is 10.1. The molecular weight excluding hydrogens is 408 g/mol. The molecule has 0 saturated carbocycles. The van der Waals surface area contributed by atoms with Gasteiger partial charge in [0.25, 0.3) is 10.0 Å². The van der Waals surface area contributed by atoms with Gasteiger partial charge in [-0.1, -0.05) is 0 Å². The van der Waals surface area contributed by atoms with Crippen molar-refractivity contribution in [3.8, 4) is 5.75 Å². The second kappa shape index (κ2) is 8.51. The van der Waals surface area contributed by atoms with Crippen molar-refractivity contribution in [2.45, 2.75) is 34.6 Å². The summed E-state index contributed by atoms with van der Waals surface area (Å²) in [6.45, 7) is 3.39. The molecule has 0 aromatic heterocycles. The Kier molecular flexibility index (Phi) is 6.79. The van der Waals surface area contributed by atoms with E-state index in [9.17, 15) is 16.8 Å². The van der Waals surface area contributed by atoms with Crippen molar-refractivity contribution in [2.24, 2.45) is 0 Å². The number of hydrogen-bond acceptors (Lipinski definition) is 6. The summed E-state index contributed by atoms with van der Waals surface area (Å²) >= 11 is 1.50. The van der Waals surface area contributed by atoms with Gasteiger partial charge in [0.15, 0.2) is 0 Å². The number of anilines is 1. The largest absolute Gasteiger partial charge is 0.495 e. The van der Waals surface area contributed by atoms with Gasteiger partial charge >= 0.3 is 0 Å². The highest BCUT2D eigenvalue weighted by Gasteiger charge is 2.21. The zero-order valence-corrected chi connectivity index (χ0v) is 17.8. The first-order valence-corrected chi connectivity index (χ1v) is 12.2. The number of sulfonamides is 2. The third-order valence-electron chi connectivity index (χ3n) is 3.49. The predicted octanol–water partition coefficient (Wildman–Crippen LogP) is 2.90. The number of nitrogens with one attached hydrogen (secondary N) is 2.